The van der Waals surface area contributed by atoms with Gasteiger partial charge in [0.15, 0.2) is 5.82 Å². The molecule has 1 atom stereocenters. The average molecular weight is 291 g/mol. The number of thioether (sulfide) groups is 1. The maximum Gasteiger partial charge on any atom is 0.231 e. The normalized spacial score (nSPS) is 21.7. The third kappa shape index (κ3) is 2.39. The highest BCUT2D eigenvalue weighted by Crippen LogP contribution is 2.36. The lowest BCUT2D eigenvalue weighted by atomic mass is 9.99. The van der Waals surface area contributed by atoms with Crippen LogP contribution < -0.4 is 9.80 Å². The topological polar surface area (TPSA) is 36.4 Å². The second-order valence-electron chi connectivity index (χ2n) is 5.69. The minimum absolute atomic E-state index is 0.196. The molecule has 4 nitrogen and oxygen atoms in total. The first-order valence-electron chi connectivity index (χ1n) is 7.23. The zero-order chi connectivity index (χ0) is 14.1. The highest BCUT2D eigenvalue weighted by atomic mass is 32.2. The monoisotopic (exact) mass is 291 g/mol. The quantitative estimate of drug-likeness (QED) is 0.837. The Kier molecular flexibility index (Phi) is 3.87. The molecular weight excluding hydrogens is 270 g/mol. The molecule has 0 spiro atoms. The van der Waals surface area contributed by atoms with Gasteiger partial charge in [0, 0.05) is 38.5 Å². The number of pyridine rings is 1. The van der Waals surface area contributed by atoms with E-state index >= 15 is 0 Å². The lowest BCUT2D eigenvalue weighted by molar-refractivity contribution is -0.121. The van der Waals surface area contributed by atoms with Crippen molar-refractivity contribution in [1.82, 2.24) is 4.98 Å². The first-order valence-corrected chi connectivity index (χ1v) is 8.38. The van der Waals surface area contributed by atoms with Crippen molar-refractivity contribution in [1.29, 1.82) is 0 Å². The average Bonchev–Trinajstić information content (AvgIpc) is 2.99. The molecule has 1 aromatic heterocycles. The number of aromatic nitrogens is 1. The van der Waals surface area contributed by atoms with Crippen molar-refractivity contribution in [2.24, 2.45) is 5.92 Å². The Morgan fingerprint density at radius 1 is 1.50 bits per heavy atom. The fourth-order valence-corrected chi connectivity index (χ4v) is 4.23. The summed E-state index contributed by atoms with van der Waals surface area (Å²) in [5, 5.41) is 0. The van der Waals surface area contributed by atoms with Crippen LogP contribution in [0.3, 0.4) is 0 Å². The second kappa shape index (κ2) is 5.64. The van der Waals surface area contributed by atoms with Crippen LogP contribution in [-0.4, -0.2) is 43.0 Å². The number of hydrogen-bond acceptors (Lipinski definition) is 4. The van der Waals surface area contributed by atoms with E-state index < -0.39 is 0 Å². The van der Waals surface area contributed by atoms with Crippen LogP contribution in [0.4, 0.5) is 11.5 Å². The fourth-order valence-electron chi connectivity index (χ4n) is 3.01. The number of fused-ring (bicyclic) bond motifs is 1. The maximum atomic E-state index is 12.8. The molecule has 1 aromatic rings. The zero-order valence-corrected chi connectivity index (χ0v) is 12.9. The van der Waals surface area contributed by atoms with E-state index in [0.29, 0.717) is 5.91 Å². The number of carbonyl (C=O) groups excluding carboxylic acids is 1. The lowest BCUT2D eigenvalue weighted by Gasteiger charge is -2.33. The van der Waals surface area contributed by atoms with E-state index in [2.05, 4.69) is 11.1 Å². The summed E-state index contributed by atoms with van der Waals surface area (Å²) in [7, 11) is 3.98. The Morgan fingerprint density at radius 3 is 3.05 bits per heavy atom. The van der Waals surface area contributed by atoms with E-state index in [1.807, 2.05) is 41.9 Å². The van der Waals surface area contributed by atoms with Gasteiger partial charge in [0.2, 0.25) is 5.91 Å². The number of aryl methyl sites for hydroxylation is 1. The predicted molar refractivity (Wildman–Crippen MR) is 84.7 cm³/mol. The maximum absolute atomic E-state index is 12.8. The van der Waals surface area contributed by atoms with Crippen molar-refractivity contribution in [2.45, 2.75) is 19.3 Å². The van der Waals surface area contributed by atoms with Crippen LogP contribution in [0, 0.1) is 5.92 Å². The third-order valence-electron chi connectivity index (χ3n) is 4.05. The molecule has 2 aliphatic rings. The molecule has 0 bridgehead atoms. The van der Waals surface area contributed by atoms with Crippen molar-refractivity contribution in [3.63, 3.8) is 0 Å². The highest BCUT2D eigenvalue weighted by Gasteiger charge is 2.32. The van der Waals surface area contributed by atoms with Crippen LogP contribution in [0.1, 0.15) is 18.4 Å². The van der Waals surface area contributed by atoms with Gasteiger partial charge >= 0.3 is 0 Å². The summed E-state index contributed by atoms with van der Waals surface area (Å²) in [4.78, 5) is 21.3. The van der Waals surface area contributed by atoms with Crippen LogP contribution in [0.2, 0.25) is 0 Å². The summed E-state index contributed by atoms with van der Waals surface area (Å²) in [6.07, 6.45) is 4.97. The predicted octanol–water partition coefficient (Wildman–Crippen LogP) is 2.18. The number of carbonyl (C=O) groups is 1. The molecule has 2 aliphatic heterocycles. The minimum Gasteiger partial charge on any atom is -0.361 e. The number of rotatable bonds is 2. The van der Waals surface area contributed by atoms with Crippen LogP contribution in [0.5, 0.6) is 0 Å². The van der Waals surface area contributed by atoms with Crippen LogP contribution in [-0.2, 0) is 11.2 Å². The highest BCUT2D eigenvalue weighted by molar-refractivity contribution is 7.99. The van der Waals surface area contributed by atoms with Crippen molar-refractivity contribution in [3.8, 4) is 0 Å². The largest absolute Gasteiger partial charge is 0.361 e. The number of hydrogen-bond donors (Lipinski definition) is 0. The van der Waals surface area contributed by atoms with E-state index in [9.17, 15) is 4.79 Å². The fraction of sp³-hybridized carbons (Fsp3) is 0.600. The molecule has 0 aliphatic carbocycles. The van der Waals surface area contributed by atoms with E-state index in [4.69, 9.17) is 0 Å². The van der Waals surface area contributed by atoms with Crippen LogP contribution in [0.25, 0.3) is 0 Å². The third-order valence-corrected chi connectivity index (χ3v) is 5.22. The van der Waals surface area contributed by atoms with Crippen molar-refractivity contribution < 1.29 is 4.79 Å². The van der Waals surface area contributed by atoms with E-state index in [-0.39, 0.29) is 5.92 Å². The molecule has 1 amide bonds. The lowest BCUT2D eigenvalue weighted by Crippen LogP contribution is -2.40. The Hall–Kier alpha value is -1.23. The standard InChI is InChI=1S/C15H21N3OS/c1-17(2)14-13-11(5-7-16-14)4-3-8-18(13)15(19)12-6-9-20-10-12/h5,7,12H,3-4,6,8-10H2,1-2H3. The molecule has 20 heavy (non-hydrogen) atoms. The Labute approximate surface area is 124 Å². The summed E-state index contributed by atoms with van der Waals surface area (Å²) < 4.78 is 0. The van der Waals surface area contributed by atoms with Gasteiger partial charge in [-0.1, -0.05) is 0 Å². The van der Waals surface area contributed by atoms with E-state index in [1.165, 1.54) is 5.56 Å². The number of nitrogens with zero attached hydrogens (tertiary/aromatic N) is 3. The van der Waals surface area contributed by atoms with Crippen molar-refractivity contribution in [3.05, 3.63) is 17.8 Å². The molecule has 1 unspecified atom stereocenters. The Bertz CT molecular complexity index is 512. The molecular formula is C15H21N3OS. The van der Waals surface area contributed by atoms with Gasteiger partial charge in [0.1, 0.15) is 0 Å². The molecule has 0 aromatic carbocycles. The van der Waals surface area contributed by atoms with Gasteiger partial charge in [-0.2, -0.15) is 11.8 Å². The van der Waals surface area contributed by atoms with Gasteiger partial charge < -0.3 is 9.80 Å². The van der Waals surface area contributed by atoms with Gasteiger partial charge in [-0.25, -0.2) is 4.98 Å². The van der Waals surface area contributed by atoms with E-state index in [0.717, 1.165) is 48.8 Å². The molecule has 1 saturated heterocycles. The van der Waals surface area contributed by atoms with E-state index in [1.54, 1.807) is 0 Å². The van der Waals surface area contributed by atoms with Gasteiger partial charge in [0.05, 0.1) is 5.69 Å². The van der Waals surface area contributed by atoms with Crippen LogP contribution >= 0.6 is 11.8 Å². The molecule has 0 N–H and O–H groups in total. The zero-order valence-electron chi connectivity index (χ0n) is 12.1. The molecule has 3 heterocycles. The van der Waals surface area contributed by atoms with Gasteiger partial charge in [-0.05, 0) is 36.6 Å². The Balaban J connectivity index is 1.97. The summed E-state index contributed by atoms with van der Waals surface area (Å²) in [5.74, 6) is 3.50. The molecule has 0 radical (unpaired) electrons. The number of amides is 1. The van der Waals surface area contributed by atoms with Crippen LogP contribution in [0.15, 0.2) is 12.3 Å². The van der Waals surface area contributed by atoms with Gasteiger partial charge in [0.25, 0.3) is 0 Å². The molecule has 5 heteroatoms. The Morgan fingerprint density at radius 2 is 2.35 bits per heavy atom. The van der Waals surface area contributed by atoms with Gasteiger partial charge in [-0.15, -0.1) is 0 Å². The molecule has 3 rings (SSSR count). The van der Waals surface area contributed by atoms with Gasteiger partial charge in [-0.3, -0.25) is 4.79 Å². The minimum atomic E-state index is 0.196. The smallest absolute Gasteiger partial charge is 0.231 e. The first kappa shape index (κ1) is 13.7. The molecule has 1 fully saturated rings. The summed E-state index contributed by atoms with van der Waals surface area (Å²) in [5.41, 5.74) is 2.31. The van der Waals surface area contributed by atoms with Crippen molar-refractivity contribution >= 4 is 29.2 Å². The summed E-state index contributed by atoms with van der Waals surface area (Å²) in [6.45, 7) is 0.833. The SMILES string of the molecule is CN(C)c1nccc2c1N(C(=O)C1CCSC1)CCC2. The molecule has 0 saturated carbocycles. The molecule has 108 valence electrons. The number of anilines is 2. The second-order valence-corrected chi connectivity index (χ2v) is 6.84. The first-order chi connectivity index (χ1) is 9.68. The van der Waals surface area contributed by atoms with Crippen molar-refractivity contribution in [2.75, 3.05) is 41.9 Å². The summed E-state index contributed by atoms with van der Waals surface area (Å²) in [6, 6.07) is 2.06. The summed E-state index contributed by atoms with van der Waals surface area (Å²) >= 11 is 1.89.